The topological polar surface area (TPSA) is 92.6 Å². The van der Waals surface area contributed by atoms with Crippen LogP contribution in [0.15, 0.2) is 16.7 Å². The number of aliphatic hydroxyl groups excluding tert-OH is 1. The van der Waals surface area contributed by atoms with Gasteiger partial charge < -0.3 is 20.3 Å². The molecule has 0 aliphatic carbocycles. The minimum atomic E-state index is -4.63. The van der Waals surface area contributed by atoms with Crippen LogP contribution in [0.1, 0.15) is 33.8 Å². The van der Waals surface area contributed by atoms with Gasteiger partial charge >= 0.3 is 6.18 Å². The molecule has 2 atom stereocenters. The first-order valence-corrected chi connectivity index (χ1v) is 8.40. The van der Waals surface area contributed by atoms with Crippen LogP contribution < -0.4 is 5.73 Å². The number of thiophene rings is 1. The highest BCUT2D eigenvalue weighted by molar-refractivity contribution is 7.17. The second kappa shape index (κ2) is 6.43. The van der Waals surface area contributed by atoms with E-state index in [1.165, 1.54) is 24.0 Å². The molecule has 136 valence electrons. The minimum absolute atomic E-state index is 0.0484. The molecule has 0 aromatic carbocycles. The maximum absolute atomic E-state index is 12.8. The molecule has 6 nitrogen and oxygen atoms in total. The number of carbonyl (C=O) groups excluding carboxylic acids is 1. The molecule has 0 bridgehead atoms. The van der Waals surface area contributed by atoms with Crippen LogP contribution in [0.4, 0.5) is 13.2 Å². The summed E-state index contributed by atoms with van der Waals surface area (Å²) in [4.78, 5) is 14.5. The summed E-state index contributed by atoms with van der Waals surface area (Å²) in [6, 6.07) is 2.50. The zero-order valence-corrected chi connectivity index (χ0v) is 14.0. The molecule has 3 rings (SSSR count). The van der Waals surface area contributed by atoms with Crippen LogP contribution in [-0.2, 0) is 6.18 Å². The van der Waals surface area contributed by atoms with Gasteiger partial charge in [-0.05, 0) is 31.9 Å². The molecule has 2 aromatic heterocycles. The van der Waals surface area contributed by atoms with Crippen molar-refractivity contribution in [3.63, 3.8) is 0 Å². The number of carbonyl (C=O) groups is 1. The molecule has 1 aliphatic heterocycles. The van der Waals surface area contributed by atoms with E-state index in [4.69, 9.17) is 5.73 Å². The molecular weight excluding hydrogens is 359 g/mol. The summed E-state index contributed by atoms with van der Waals surface area (Å²) >= 11 is 0.996. The third-order valence-corrected chi connectivity index (χ3v) is 5.21. The lowest BCUT2D eigenvalue weighted by Crippen LogP contribution is -2.54. The van der Waals surface area contributed by atoms with E-state index >= 15 is 0 Å². The van der Waals surface area contributed by atoms with Crippen LogP contribution in [0.5, 0.6) is 0 Å². The number of aromatic nitrogens is 1. The summed E-state index contributed by atoms with van der Waals surface area (Å²) in [5.41, 5.74) is 5.69. The van der Waals surface area contributed by atoms with E-state index in [-0.39, 0.29) is 11.3 Å². The van der Waals surface area contributed by atoms with Gasteiger partial charge in [-0.3, -0.25) is 4.79 Å². The van der Waals surface area contributed by atoms with Crippen molar-refractivity contribution in [1.82, 2.24) is 10.1 Å². The number of nitrogens with two attached hydrogens (primary N) is 1. The summed E-state index contributed by atoms with van der Waals surface area (Å²) in [7, 11) is 0. The van der Waals surface area contributed by atoms with Crippen molar-refractivity contribution >= 4 is 17.2 Å². The fourth-order valence-corrected chi connectivity index (χ4v) is 3.78. The first-order chi connectivity index (χ1) is 11.7. The van der Waals surface area contributed by atoms with Crippen LogP contribution in [-0.4, -0.2) is 39.9 Å². The quantitative estimate of drug-likeness (QED) is 0.842. The number of hydrogen-bond acceptors (Lipinski definition) is 6. The maximum Gasteiger partial charge on any atom is 0.452 e. The van der Waals surface area contributed by atoms with E-state index in [1.807, 2.05) is 0 Å². The number of nitrogens with zero attached hydrogens (tertiary/aromatic N) is 2. The Labute approximate surface area is 145 Å². The molecule has 1 amide bonds. The lowest BCUT2D eigenvalue weighted by Gasteiger charge is -2.35. The van der Waals surface area contributed by atoms with Crippen molar-refractivity contribution in [2.45, 2.75) is 38.2 Å². The number of amides is 1. The van der Waals surface area contributed by atoms with Gasteiger partial charge in [0.2, 0.25) is 5.76 Å². The smallest absolute Gasteiger partial charge is 0.372 e. The standard InChI is InChI=1S/C15H16F3N3O3S/c1-7-11(20-24-12(7)15(16,17)18)9-4-5-10(25-9)14(23)21-6-2-3-8(19)13(21)22/h4-5,8,13,22H,2-3,6,19H2,1H3/t8?,13-/m1/s1. The molecule has 1 saturated heterocycles. The zero-order valence-electron chi connectivity index (χ0n) is 13.2. The predicted octanol–water partition coefficient (Wildman–Crippen LogP) is 2.61. The molecule has 0 saturated carbocycles. The van der Waals surface area contributed by atoms with Gasteiger partial charge in [0, 0.05) is 18.2 Å². The maximum atomic E-state index is 12.8. The summed E-state index contributed by atoms with van der Waals surface area (Å²) in [5.74, 6) is -1.56. The number of halogens is 3. The van der Waals surface area contributed by atoms with Gasteiger partial charge in [0.1, 0.15) is 11.9 Å². The third kappa shape index (κ3) is 3.29. The van der Waals surface area contributed by atoms with Crippen LogP contribution in [0, 0.1) is 6.92 Å². The molecule has 3 heterocycles. The Kier molecular flexibility index (Phi) is 4.60. The number of alkyl halides is 3. The lowest BCUT2D eigenvalue weighted by molar-refractivity contribution is -0.156. The van der Waals surface area contributed by atoms with Crippen molar-refractivity contribution < 1.29 is 27.6 Å². The molecule has 10 heteroatoms. The molecule has 1 aliphatic rings. The van der Waals surface area contributed by atoms with Crippen LogP contribution in [0.2, 0.25) is 0 Å². The first kappa shape index (κ1) is 17.9. The molecule has 0 spiro atoms. The van der Waals surface area contributed by atoms with Crippen molar-refractivity contribution in [1.29, 1.82) is 0 Å². The summed E-state index contributed by atoms with van der Waals surface area (Å²) < 4.78 is 42.8. The first-order valence-electron chi connectivity index (χ1n) is 7.58. The highest BCUT2D eigenvalue weighted by atomic mass is 32.1. The third-order valence-electron chi connectivity index (χ3n) is 4.13. The molecule has 1 fully saturated rings. The summed E-state index contributed by atoms with van der Waals surface area (Å²) in [6.45, 7) is 1.64. The average molecular weight is 375 g/mol. The number of rotatable bonds is 2. The van der Waals surface area contributed by atoms with Crippen LogP contribution >= 0.6 is 11.3 Å². The van der Waals surface area contributed by atoms with Crippen LogP contribution in [0.3, 0.4) is 0 Å². The molecule has 2 aromatic rings. The number of hydrogen-bond donors (Lipinski definition) is 2. The Balaban J connectivity index is 1.86. The van der Waals surface area contributed by atoms with Gasteiger partial charge in [0.15, 0.2) is 0 Å². The molecular formula is C15H16F3N3O3S. The summed E-state index contributed by atoms with van der Waals surface area (Å²) in [6.07, 6.45) is -4.39. The normalized spacial score (nSPS) is 21.6. The minimum Gasteiger partial charge on any atom is -0.372 e. The van der Waals surface area contributed by atoms with Crippen molar-refractivity contribution in [3.8, 4) is 10.6 Å². The average Bonchev–Trinajstić information content (AvgIpc) is 3.15. The second-order valence-corrected chi connectivity index (χ2v) is 6.95. The highest BCUT2D eigenvalue weighted by Gasteiger charge is 2.39. The van der Waals surface area contributed by atoms with Gasteiger partial charge in [-0.15, -0.1) is 11.3 Å². The van der Waals surface area contributed by atoms with Crippen molar-refractivity contribution in [2.24, 2.45) is 5.73 Å². The van der Waals surface area contributed by atoms with Gasteiger partial charge in [-0.2, -0.15) is 13.2 Å². The van der Waals surface area contributed by atoms with E-state index < -0.39 is 30.1 Å². The monoisotopic (exact) mass is 375 g/mol. The van der Waals surface area contributed by atoms with E-state index in [0.29, 0.717) is 29.1 Å². The molecule has 1 unspecified atom stereocenters. The van der Waals surface area contributed by atoms with Crippen LogP contribution in [0.25, 0.3) is 10.6 Å². The zero-order chi connectivity index (χ0) is 18.4. The molecule has 0 radical (unpaired) electrons. The SMILES string of the molecule is Cc1c(-c2ccc(C(=O)N3CCCC(N)[C@H]3O)s2)noc1C(F)(F)F. The van der Waals surface area contributed by atoms with E-state index in [0.717, 1.165) is 11.3 Å². The number of piperidine rings is 1. The van der Waals surface area contributed by atoms with E-state index in [1.54, 1.807) is 0 Å². The second-order valence-electron chi connectivity index (χ2n) is 5.87. The van der Waals surface area contributed by atoms with Gasteiger partial charge in [0.25, 0.3) is 5.91 Å². The Morgan fingerprint density at radius 3 is 2.84 bits per heavy atom. The Morgan fingerprint density at radius 2 is 2.20 bits per heavy atom. The number of likely N-dealkylation sites (tertiary alicyclic amines) is 1. The Morgan fingerprint density at radius 1 is 1.48 bits per heavy atom. The van der Waals surface area contributed by atoms with Gasteiger partial charge in [0.05, 0.1) is 9.75 Å². The van der Waals surface area contributed by atoms with E-state index in [9.17, 15) is 23.1 Å². The fourth-order valence-electron chi connectivity index (χ4n) is 2.78. The summed E-state index contributed by atoms with van der Waals surface area (Å²) in [5, 5.41) is 13.5. The highest BCUT2D eigenvalue weighted by Crippen LogP contribution is 2.38. The predicted molar refractivity (Wildman–Crippen MR) is 83.8 cm³/mol. The fraction of sp³-hybridized carbons (Fsp3) is 0.467. The van der Waals surface area contributed by atoms with Crippen molar-refractivity contribution in [2.75, 3.05) is 6.54 Å². The van der Waals surface area contributed by atoms with Gasteiger partial charge in [-0.1, -0.05) is 5.16 Å². The largest absolute Gasteiger partial charge is 0.452 e. The van der Waals surface area contributed by atoms with Crippen molar-refractivity contribution in [3.05, 3.63) is 28.3 Å². The number of aliphatic hydroxyl groups is 1. The lowest BCUT2D eigenvalue weighted by atomic mass is 10.0. The molecule has 25 heavy (non-hydrogen) atoms. The van der Waals surface area contributed by atoms with Gasteiger partial charge in [-0.25, -0.2) is 0 Å². The molecule has 3 N–H and O–H groups in total. The Bertz CT molecular complexity index is 787. The van der Waals surface area contributed by atoms with E-state index in [2.05, 4.69) is 9.68 Å². The Hall–Kier alpha value is -1.91.